The fraction of sp³-hybridized carbons (Fsp3) is 0.323. The summed E-state index contributed by atoms with van der Waals surface area (Å²) >= 11 is 3.00. The number of para-hydroxylation sites is 1. The molecule has 0 saturated carbocycles. The van der Waals surface area contributed by atoms with Crippen molar-refractivity contribution in [3.8, 4) is 0 Å². The molecule has 0 unspecified atom stereocenters. The molecule has 0 saturated heterocycles. The normalized spacial score (nSPS) is 10.9. The Morgan fingerprint density at radius 2 is 1.54 bits per heavy atom. The van der Waals surface area contributed by atoms with Gasteiger partial charge in [-0.2, -0.15) is 0 Å². The molecule has 0 aromatic heterocycles. The van der Waals surface area contributed by atoms with Crippen LogP contribution >= 0.6 is 32.3 Å². The maximum absolute atomic E-state index is 13.7. The molecule has 41 heavy (non-hydrogen) atoms. The molecule has 0 aliphatic rings. The Bertz CT molecular complexity index is 1330. The number of nitrogens with zero attached hydrogens (tertiary/aromatic N) is 2. The number of nitrogens with one attached hydrogen (secondary N) is 2. The van der Waals surface area contributed by atoms with E-state index >= 15 is 0 Å². The second-order valence-electron chi connectivity index (χ2n) is 10.2. The predicted octanol–water partition coefficient (Wildman–Crippen LogP) is 6.16. The van der Waals surface area contributed by atoms with Gasteiger partial charge in [-0.3, -0.25) is 0 Å². The summed E-state index contributed by atoms with van der Waals surface area (Å²) in [5, 5.41) is 14.2. The van der Waals surface area contributed by atoms with Gasteiger partial charge in [-0.05, 0) is 0 Å². The summed E-state index contributed by atoms with van der Waals surface area (Å²) in [5.74, 6) is -0.605. The van der Waals surface area contributed by atoms with Crippen molar-refractivity contribution in [2.45, 2.75) is 51.9 Å². The second kappa shape index (κ2) is 15.3. The van der Waals surface area contributed by atoms with Crippen molar-refractivity contribution in [1.29, 1.82) is 0 Å². The third kappa shape index (κ3) is 8.77. The van der Waals surface area contributed by atoms with E-state index < -0.39 is 33.1 Å². The third-order valence-corrected chi connectivity index (χ3v) is 13.3. The number of carbonyl (C=O) groups is 2. The Hall–Kier alpha value is -2.96. The molecule has 220 valence electrons. The van der Waals surface area contributed by atoms with E-state index in [9.17, 15) is 14.6 Å². The number of hydrogen-bond acceptors (Lipinski definition) is 5. The zero-order chi connectivity index (χ0) is 30.9. The van der Waals surface area contributed by atoms with E-state index in [1.807, 2.05) is 76.2 Å². The number of carbonyl (C=O) groups excluding carboxylic acids is 2. The molecule has 0 radical (unpaired) electrons. The molecule has 3 N–H and O–H groups in total. The molecular weight excluding hydrogens is 646 g/mol. The van der Waals surface area contributed by atoms with Gasteiger partial charge in [0.1, 0.15) is 0 Å². The van der Waals surface area contributed by atoms with Crippen molar-refractivity contribution in [3.05, 3.63) is 89.0 Å². The van der Waals surface area contributed by atoms with E-state index in [4.69, 9.17) is 12.2 Å². The Labute approximate surface area is 258 Å². The summed E-state index contributed by atoms with van der Waals surface area (Å²) in [5.41, 5.74) is 9.09. The number of rotatable bonds is 8. The number of hydrazine groups is 1. The van der Waals surface area contributed by atoms with Gasteiger partial charge in [-0.25, -0.2) is 0 Å². The van der Waals surface area contributed by atoms with Crippen molar-refractivity contribution in [2.75, 3.05) is 22.1 Å². The first-order valence-corrected chi connectivity index (χ1v) is 18.2. The van der Waals surface area contributed by atoms with Crippen molar-refractivity contribution in [3.63, 3.8) is 0 Å². The molecule has 2 amide bonds. The molecule has 0 atom stereocenters. The van der Waals surface area contributed by atoms with Gasteiger partial charge in [0.15, 0.2) is 0 Å². The molecule has 3 aromatic rings. The minimum absolute atomic E-state index is 0.141. The Morgan fingerprint density at radius 3 is 2.05 bits per heavy atom. The molecular formula is C31H42BIN4O3S. The topological polar surface area (TPSA) is 84.9 Å². The van der Waals surface area contributed by atoms with Gasteiger partial charge in [0, 0.05) is 0 Å². The first-order chi connectivity index (χ1) is 19.4. The molecule has 0 spiro atoms. The van der Waals surface area contributed by atoms with Crippen LogP contribution in [0.4, 0.5) is 11.4 Å². The molecule has 7 nitrogen and oxygen atoms in total. The van der Waals surface area contributed by atoms with Crippen molar-refractivity contribution in [1.82, 2.24) is 8.65 Å². The Morgan fingerprint density at radius 1 is 0.951 bits per heavy atom. The summed E-state index contributed by atoms with van der Waals surface area (Å²) in [6.07, 6.45) is 0. The standard InChI is InChI=1S/C29H36BIN4O3S.C2H6/c1-20-15-21(2)17-23(16-20)28(37)35(31(6)29(3,4)5)33-27(36)22-13-14-25(26(18-22)32-7)30(38)34(19-39)24-11-9-8-10-12-24;1-2/h8-19,32,38H,1-7H3,(H,33,36);1-2H3. The van der Waals surface area contributed by atoms with Crippen LogP contribution in [0.5, 0.6) is 0 Å². The first-order valence-electron chi connectivity index (χ1n) is 13.5. The summed E-state index contributed by atoms with van der Waals surface area (Å²) in [6, 6.07) is 20.1. The summed E-state index contributed by atoms with van der Waals surface area (Å²) in [6.45, 7) is 14.2. The van der Waals surface area contributed by atoms with E-state index in [2.05, 4.69) is 36.4 Å². The number of amides is 2. The number of thiocarbonyl (C=S) groups is 1. The Kier molecular flexibility index (Phi) is 12.8. The van der Waals surface area contributed by atoms with Crippen LogP contribution in [0.2, 0.25) is 0 Å². The van der Waals surface area contributed by atoms with Gasteiger partial charge in [-0.15, -0.1) is 0 Å². The summed E-state index contributed by atoms with van der Waals surface area (Å²) in [7, 11) is 0.657. The van der Waals surface area contributed by atoms with E-state index in [0.29, 0.717) is 22.3 Å². The van der Waals surface area contributed by atoms with Gasteiger partial charge in [-0.1, -0.05) is 19.9 Å². The third-order valence-electron chi connectivity index (χ3n) is 6.22. The molecule has 0 aliphatic carbocycles. The van der Waals surface area contributed by atoms with E-state index in [0.717, 1.165) is 16.8 Å². The van der Waals surface area contributed by atoms with Gasteiger partial charge in [0.05, 0.1) is 0 Å². The van der Waals surface area contributed by atoms with Gasteiger partial charge < -0.3 is 0 Å². The van der Waals surface area contributed by atoms with Crippen LogP contribution in [0.25, 0.3) is 0 Å². The molecule has 0 fully saturated rings. The number of anilines is 2. The fourth-order valence-electron chi connectivity index (χ4n) is 4.00. The molecule has 0 bridgehead atoms. The van der Waals surface area contributed by atoms with Crippen molar-refractivity contribution >= 4 is 73.5 Å². The summed E-state index contributed by atoms with van der Waals surface area (Å²) in [4.78, 5) is 30.9. The molecule has 0 aliphatic heterocycles. The quantitative estimate of drug-likeness (QED) is 0.0657. The van der Waals surface area contributed by atoms with E-state index in [1.165, 1.54) is 5.49 Å². The number of benzene rings is 3. The van der Waals surface area contributed by atoms with Gasteiger partial charge in [0.2, 0.25) is 0 Å². The van der Waals surface area contributed by atoms with Crippen LogP contribution in [0.3, 0.4) is 0 Å². The summed E-state index contributed by atoms with van der Waals surface area (Å²) < 4.78 is 1.43. The number of hydrogen-bond donors (Lipinski definition) is 3. The zero-order valence-electron chi connectivity index (χ0n) is 25.4. The van der Waals surface area contributed by atoms with Crippen LogP contribution in [0, 0.1) is 13.8 Å². The Balaban J connectivity index is 0.00000287. The average Bonchev–Trinajstić information content (AvgIpc) is 2.95. The molecule has 10 heteroatoms. The second-order valence-corrected chi connectivity index (χ2v) is 17.1. The average molecular weight is 688 g/mol. The number of halogens is 1. The SMILES string of the molecule is CC.CNc1cc(C(=O)NN(C(=O)c2cc(C)cc(C)c2)I(C)C(C)(C)C)ccc1B(O)N(C=S)c1ccccc1. The van der Waals surface area contributed by atoms with Gasteiger partial charge >= 0.3 is 240 Å². The number of aryl methyl sites for hydroxylation is 2. The fourth-order valence-corrected chi connectivity index (χ4v) is 7.20. The van der Waals surface area contributed by atoms with Crippen molar-refractivity contribution < 1.29 is 14.6 Å². The monoisotopic (exact) mass is 688 g/mol. The van der Waals surface area contributed by atoms with E-state index in [1.54, 1.807) is 33.3 Å². The van der Waals surface area contributed by atoms with Crippen LogP contribution in [-0.4, -0.2) is 48.0 Å². The number of alkyl halides is 2. The predicted molar refractivity (Wildman–Crippen MR) is 187 cm³/mol. The van der Waals surface area contributed by atoms with Crippen LogP contribution in [0.15, 0.2) is 66.7 Å². The van der Waals surface area contributed by atoms with Crippen LogP contribution in [-0.2, 0) is 0 Å². The first kappa shape index (κ1) is 34.2. The maximum atomic E-state index is 13.7. The van der Waals surface area contributed by atoms with Crippen LogP contribution in [0.1, 0.15) is 66.5 Å². The molecule has 0 heterocycles. The minimum atomic E-state index is -2.18. The zero-order valence-corrected chi connectivity index (χ0v) is 28.4. The molecule has 3 aromatic carbocycles. The molecule has 3 rings (SSSR count). The van der Waals surface area contributed by atoms with E-state index in [-0.39, 0.29) is 9.33 Å². The van der Waals surface area contributed by atoms with Crippen molar-refractivity contribution in [2.24, 2.45) is 0 Å². The van der Waals surface area contributed by atoms with Gasteiger partial charge in [0.25, 0.3) is 0 Å². The van der Waals surface area contributed by atoms with Crippen LogP contribution < -0.4 is 21.0 Å².